The number of urea groups is 1. The normalized spacial score (nSPS) is 16.9. The maximum atomic E-state index is 13.8. The minimum Gasteiger partial charge on any atom is -0.383 e. The van der Waals surface area contributed by atoms with Gasteiger partial charge in [0.25, 0.3) is 0 Å². The van der Waals surface area contributed by atoms with Crippen molar-refractivity contribution in [1.29, 1.82) is 0 Å². The van der Waals surface area contributed by atoms with E-state index < -0.39 is 34.7 Å². The molecule has 4 heterocycles. The van der Waals surface area contributed by atoms with Gasteiger partial charge in [-0.3, -0.25) is 14.6 Å². The number of aryl methyl sites for hydroxylation is 1. The predicted molar refractivity (Wildman–Crippen MR) is 156 cm³/mol. The number of halogens is 6. The second-order valence-corrected chi connectivity index (χ2v) is 10.9. The van der Waals surface area contributed by atoms with Crippen LogP contribution >= 0.6 is 11.6 Å². The molecule has 0 atom stereocenters. The van der Waals surface area contributed by atoms with E-state index in [9.17, 15) is 26.7 Å². The lowest BCUT2D eigenvalue weighted by Crippen LogP contribution is -2.49. The standard InChI is InChI=1S/C27H29ClF5N11O2/c1-42-13-15(9-38-42)20-11-36-21(12-35-20)44(26(45)34-7-8-46-2)17-5-3-16(4-6-17)39-25-37-10-18(27(31,32)33)22(40-25)23-19(28)14-43(41-23)24(29)30/h9-14,16-17,24H,3-8H2,1-2H3,(H,34,45)(H,37,39,40). The molecule has 1 saturated carbocycles. The SMILES string of the molecule is COCCNC(=O)N(c1cnc(-c2cnn(C)c2)cn1)C1CCC(Nc2ncc(C(F)(F)F)c(-c3nn(C(F)F)cc3Cl)n2)CC1. The van der Waals surface area contributed by atoms with E-state index in [1.807, 2.05) is 0 Å². The molecule has 1 aliphatic carbocycles. The Morgan fingerprint density at radius 2 is 1.85 bits per heavy atom. The van der Waals surface area contributed by atoms with Gasteiger partial charge in [-0.05, 0) is 25.7 Å². The van der Waals surface area contributed by atoms with E-state index in [0.29, 0.717) is 50.0 Å². The molecule has 4 aromatic rings. The Bertz CT molecular complexity index is 1640. The number of carbonyl (C=O) groups is 1. The third kappa shape index (κ3) is 7.50. The van der Waals surface area contributed by atoms with Crippen molar-refractivity contribution in [1.82, 2.24) is 44.8 Å². The van der Waals surface area contributed by atoms with Crippen molar-refractivity contribution < 1.29 is 31.5 Å². The maximum Gasteiger partial charge on any atom is 0.420 e. The van der Waals surface area contributed by atoms with Crippen molar-refractivity contribution in [2.75, 3.05) is 30.5 Å². The highest BCUT2D eigenvalue weighted by Crippen LogP contribution is 2.38. The molecule has 4 aromatic heterocycles. The van der Waals surface area contributed by atoms with Crippen LogP contribution in [0.2, 0.25) is 5.02 Å². The third-order valence-electron chi connectivity index (χ3n) is 7.29. The molecule has 0 unspecified atom stereocenters. The van der Waals surface area contributed by atoms with Gasteiger partial charge in [0, 0.05) is 50.7 Å². The van der Waals surface area contributed by atoms with Gasteiger partial charge in [-0.25, -0.2) is 24.4 Å². The van der Waals surface area contributed by atoms with Gasteiger partial charge in [-0.1, -0.05) is 11.6 Å². The molecular formula is C27H29ClF5N11O2. The first-order valence-electron chi connectivity index (χ1n) is 14.1. The smallest absolute Gasteiger partial charge is 0.383 e. The molecule has 0 radical (unpaired) electrons. The van der Waals surface area contributed by atoms with E-state index >= 15 is 0 Å². The number of amides is 2. The summed E-state index contributed by atoms with van der Waals surface area (Å²) in [6.45, 7) is -2.52. The second-order valence-electron chi connectivity index (χ2n) is 10.4. The van der Waals surface area contributed by atoms with Crippen LogP contribution < -0.4 is 15.5 Å². The van der Waals surface area contributed by atoms with Crippen molar-refractivity contribution in [3.8, 4) is 22.6 Å². The maximum absolute atomic E-state index is 13.8. The summed E-state index contributed by atoms with van der Waals surface area (Å²) in [7, 11) is 3.31. The monoisotopic (exact) mass is 669 g/mol. The fourth-order valence-electron chi connectivity index (χ4n) is 5.08. The van der Waals surface area contributed by atoms with Crippen molar-refractivity contribution >= 4 is 29.4 Å². The van der Waals surface area contributed by atoms with Gasteiger partial charge in [-0.15, -0.1) is 0 Å². The molecule has 1 fully saturated rings. The van der Waals surface area contributed by atoms with Gasteiger partial charge >= 0.3 is 18.8 Å². The number of rotatable bonds is 10. The highest BCUT2D eigenvalue weighted by Gasteiger charge is 2.37. The number of carbonyl (C=O) groups excluding carboxylic acids is 1. The van der Waals surface area contributed by atoms with Crippen LogP contribution in [0.1, 0.15) is 37.8 Å². The van der Waals surface area contributed by atoms with Crippen molar-refractivity contribution in [3.05, 3.63) is 47.8 Å². The fourth-order valence-corrected chi connectivity index (χ4v) is 5.31. The molecule has 2 amide bonds. The number of hydrogen-bond donors (Lipinski definition) is 2. The molecular weight excluding hydrogens is 641 g/mol. The van der Waals surface area contributed by atoms with Gasteiger partial charge in [0.1, 0.15) is 17.0 Å². The van der Waals surface area contributed by atoms with Gasteiger partial charge in [0.15, 0.2) is 5.82 Å². The van der Waals surface area contributed by atoms with E-state index in [1.54, 1.807) is 35.2 Å². The van der Waals surface area contributed by atoms with Gasteiger partial charge in [0.2, 0.25) is 5.95 Å². The van der Waals surface area contributed by atoms with Crippen LogP contribution in [-0.2, 0) is 18.0 Å². The van der Waals surface area contributed by atoms with Crippen molar-refractivity contribution in [2.24, 2.45) is 7.05 Å². The number of nitrogens with zero attached hydrogens (tertiary/aromatic N) is 9. The van der Waals surface area contributed by atoms with Crippen LogP contribution in [0.5, 0.6) is 0 Å². The van der Waals surface area contributed by atoms with Gasteiger partial charge in [-0.2, -0.15) is 32.1 Å². The first kappa shape index (κ1) is 32.9. The molecule has 0 aliphatic heterocycles. The molecule has 0 aromatic carbocycles. The number of anilines is 2. The molecule has 0 saturated heterocycles. The summed E-state index contributed by atoms with van der Waals surface area (Å²) in [5, 5.41) is 13.1. The van der Waals surface area contributed by atoms with E-state index in [4.69, 9.17) is 16.3 Å². The number of alkyl halides is 5. The molecule has 0 bridgehead atoms. The van der Waals surface area contributed by atoms with Gasteiger partial charge in [0.05, 0.1) is 42.1 Å². The number of methoxy groups -OCH3 is 1. The molecule has 19 heteroatoms. The summed E-state index contributed by atoms with van der Waals surface area (Å²) in [5.41, 5.74) is -1.19. The Hall–Kier alpha value is -4.45. The summed E-state index contributed by atoms with van der Waals surface area (Å²) >= 11 is 5.97. The van der Waals surface area contributed by atoms with E-state index in [-0.39, 0.29) is 35.3 Å². The fraction of sp³-hybridized carbons (Fsp3) is 0.444. The number of hydrogen-bond acceptors (Lipinski definition) is 9. The lowest BCUT2D eigenvalue weighted by atomic mass is 9.90. The molecule has 1 aliphatic rings. The zero-order valence-electron chi connectivity index (χ0n) is 24.5. The number of nitrogens with one attached hydrogen (secondary N) is 2. The minimum atomic E-state index is -4.89. The Kier molecular flexibility index (Phi) is 9.95. The Balaban J connectivity index is 1.32. The number of aromatic nitrogens is 8. The largest absolute Gasteiger partial charge is 0.420 e. The summed E-state index contributed by atoms with van der Waals surface area (Å²) in [4.78, 5) is 31.6. The molecule has 0 spiro atoms. The van der Waals surface area contributed by atoms with Crippen LogP contribution in [0.4, 0.5) is 38.5 Å². The first-order valence-corrected chi connectivity index (χ1v) is 14.4. The zero-order valence-corrected chi connectivity index (χ0v) is 25.3. The average molecular weight is 670 g/mol. The Morgan fingerprint density at radius 1 is 1.09 bits per heavy atom. The van der Waals surface area contributed by atoms with E-state index in [0.717, 1.165) is 11.8 Å². The van der Waals surface area contributed by atoms with E-state index in [1.165, 1.54) is 13.3 Å². The summed E-state index contributed by atoms with van der Waals surface area (Å²) in [6.07, 6.45) is 4.91. The Labute approximate surface area is 264 Å². The van der Waals surface area contributed by atoms with Crippen LogP contribution in [0.25, 0.3) is 22.6 Å². The Morgan fingerprint density at radius 3 is 2.43 bits per heavy atom. The van der Waals surface area contributed by atoms with Gasteiger partial charge < -0.3 is 15.4 Å². The third-order valence-corrected chi connectivity index (χ3v) is 7.56. The van der Waals surface area contributed by atoms with Crippen LogP contribution in [-0.4, -0.2) is 77.9 Å². The van der Waals surface area contributed by atoms with Crippen molar-refractivity contribution in [3.63, 3.8) is 0 Å². The first-order chi connectivity index (χ1) is 21.9. The minimum absolute atomic E-state index is 0.153. The van der Waals surface area contributed by atoms with Crippen molar-refractivity contribution in [2.45, 2.75) is 50.5 Å². The molecule has 246 valence electrons. The van der Waals surface area contributed by atoms with E-state index in [2.05, 4.69) is 40.8 Å². The molecule has 13 nitrogen and oxygen atoms in total. The lowest BCUT2D eigenvalue weighted by Gasteiger charge is -2.36. The highest BCUT2D eigenvalue weighted by atomic mass is 35.5. The summed E-state index contributed by atoms with van der Waals surface area (Å²) < 4.78 is 74.4. The predicted octanol–water partition coefficient (Wildman–Crippen LogP) is 5.18. The molecule has 2 N–H and O–H groups in total. The number of ether oxygens (including phenoxy) is 1. The molecule has 46 heavy (non-hydrogen) atoms. The zero-order chi connectivity index (χ0) is 33.0. The second kappa shape index (κ2) is 13.9. The van der Waals surface area contributed by atoms with Crippen LogP contribution in [0, 0.1) is 0 Å². The molecule has 5 rings (SSSR count). The van der Waals surface area contributed by atoms with Crippen LogP contribution in [0.3, 0.4) is 0 Å². The quantitative estimate of drug-likeness (QED) is 0.173. The summed E-state index contributed by atoms with van der Waals surface area (Å²) in [5.74, 6) is 0.190. The topological polar surface area (TPSA) is 141 Å². The summed E-state index contributed by atoms with van der Waals surface area (Å²) in [6, 6.07) is -0.930. The lowest BCUT2D eigenvalue weighted by molar-refractivity contribution is -0.137. The van der Waals surface area contributed by atoms with Crippen LogP contribution in [0.15, 0.2) is 37.2 Å². The highest BCUT2D eigenvalue weighted by molar-refractivity contribution is 6.33. The average Bonchev–Trinajstić information content (AvgIpc) is 3.63.